The molecule has 0 unspecified atom stereocenters. The second kappa shape index (κ2) is 7.89. The number of anilines is 1. The molecule has 1 aliphatic heterocycles. The van der Waals surface area contributed by atoms with E-state index in [1.807, 2.05) is 0 Å². The minimum atomic E-state index is -4.42. The molecule has 30 heavy (non-hydrogen) atoms. The summed E-state index contributed by atoms with van der Waals surface area (Å²) in [6.45, 7) is 0.446. The molecule has 5 nitrogen and oxygen atoms in total. The molecule has 1 amide bonds. The molecule has 0 radical (unpaired) electrons. The summed E-state index contributed by atoms with van der Waals surface area (Å²) in [5.74, 6) is -0.0535. The summed E-state index contributed by atoms with van der Waals surface area (Å²) in [6, 6.07) is 9.08. The number of carbonyl (C=O) groups excluding carboxylic acids is 1. The number of benzene rings is 2. The molecule has 0 fully saturated rings. The van der Waals surface area contributed by atoms with Gasteiger partial charge in [-0.05, 0) is 60.9 Å². The molecule has 0 saturated heterocycles. The molecular weight excluding hydrogens is 402 g/mol. The number of halogens is 4. The zero-order valence-electron chi connectivity index (χ0n) is 15.7. The molecule has 0 spiro atoms. The fourth-order valence-corrected chi connectivity index (χ4v) is 3.45. The maximum absolute atomic E-state index is 13.0. The molecule has 4 rings (SSSR count). The van der Waals surface area contributed by atoms with E-state index in [-0.39, 0.29) is 30.5 Å². The first-order valence-electron chi connectivity index (χ1n) is 9.40. The van der Waals surface area contributed by atoms with Gasteiger partial charge in [0.1, 0.15) is 5.82 Å². The van der Waals surface area contributed by atoms with E-state index in [1.165, 1.54) is 35.2 Å². The van der Waals surface area contributed by atoms with Crippen molar-refractivity contribution < 1.29 is 26.9 Å². The summed E-state index contributed by atoms with van der Waals surface area (Å²) in [5, 5.41) is 3.84. The molecule has 2 aromatic carbocycles. The fourth-order valence-electron chi connectivity index (χ4n) is 3.45. The fraction of sp³-hybridized carbons (Fsp3) is 0.286. The number of hydrogen-bond donors (Lipinski definition) is 0. The van der Waals surface area contributed by atoms with Crippen LogP contribution in [0, 0.1) is 5.82 Å². The van der Waals surface area contributed by atoms with Crippen LogP contribution in [0.4, 0.5) is 23.2 Å². The highest BCUT2D eigenvalue weighted by molar-refractivity contribution is 5.94. The Morgan fingerprint density at radius 2 is 1.90 bits per heavy atom. The van der Waals surface area contributed by atoms with Crippen molar-refractivity contribution in [1.29, 1.82) is 0 Å². The highest BCUT2D eigenvalue weighted by atomic mass is 19.4. The third kappa shape index (κ3) is 4.19. The molecule has 0 aliphatic carbocycles. The smallest absolute Gasteiger partial charge is 0.339 e. The zero-order valence-corrected chi connectivity index (χ0v) is 15.7. The third-order valence-electron chi connectivity index (χ3n) is 4.95. The number of carbonyl (C=O) groups is 1. The number of aryl methyl sites for hydroxylation is 2. The summed E-state index contributed by atoms with van der Waals surface area (Å²) in [4.78, 5) is 18.4. The van der Waals surface area contributed by atoms with Crippen molar-refractivity contribution in [2.24, 2.45) is 0 Å². The van der Waals surface area contributed by atoms with Crippen LogP contribution in [0.3, 0.4) is 0 Å². The average Bonchev–Trinajstić information content (AvgIpc) is 3.20. The van der Waals surface area contributed by atoms with E-state index in [4.69, 9.17) is 4.52 Å². The number of nitrogens with zero attached hydrogens (tertiary/aromatic N) is 3. The van der Waals surface area contributed by atoms with E-state index < -0.39 is 11.7 Å². The predicted octanol–water partition coefficient (Wildman–Crippen LogP) is 4.81. The molecule has 0 saturated carbocycles. The van der Waals surface area contributed by atoms with E-state index in [9.17, 15) is 22.4 Å². The third-order valence-corrected chi connectivity index (χ3v) is 4.95. The lowest BCUT2D eigenvalue weighted by molar-refractivity contribution is -0.137. The predicted molar refractivity (Wildman–Crippen MR) is 100 cm³/mol. The SMILES string of the molecule is O=C(CCc1nc(-c2ccc(F)cc2)no1)N1CCCc2cc(C(F)(F)F)ccc21. The van der Waals surface area contributed by atoms with E-state index in [1.54, 1.807) is 0 Å². The lowest BCUT2D eigenvalue weighted by atomic mass is 9.98. The minimum Gasteiger partial charge on any atom is -0.339 e. The van der Waals surface area contributed by atoms with Crippen LogP contribution in [-0.4, -0.2) is 22.6 Å². The van der Waals surface area contributed by atoms with Gasteiger partial charge in [-0.15, -0.1) is 0 Å². The standard InChI is InChI=1S/C21H17F4N3O2/c22-16-6-3-13(4-7-16)20-26-18(30-27-20)9-10-19(29)28-11-1-2-14-12-15(21(23,24)25)5-8-17(14)28/h3-8,12H,1-2,9-11H2. The van der Waals surface area contributed by atoms with Crippen LogP contribution in [0.2, 0.25) is 0 Å². The summed E-state index contributed by atoms with van der Waals surface area (Å²) < 4.78 is 57.0. The van der Waals surface area contributed by atoms with E-state index >= 15 is 0 Å². The van der Waals surface area contributed by atoms with E-state index in [0.29, 0.717) is 42.0 Å². The van der Waals surface area contributed by atoms with Gasteiger partial charge in [0.25, 0.3) is 0 Å². The molecule has 0 atom stereocenters. The largest absolute Gasteiger partial charge is 0.416 e. The van der Waals surface area contributed by atoms with Gasteiger partial charge in [-0.2, -0.15) is 18.2 Å². The summed E-state index contributed by atoms with van der Waals surface area (Å²) in [5.41, 5.74) is 0.899. The van der Waals surface area contributed by atoms with Crippen molar-refractivity contribution in [1.82, 2.24) is 10.1 Å². The Hall–Kier alpha value is -3.23. The summed E-state index contributed by atoms with van der Waals surface area (Å²) in [7, 11) is 0. The number of aromatic nitrogens is 2. The van der Waals surface area contributed by atoms with Crippen LogP contribution in [0.1, 0.15) is 29.9 Å². The van der Waals surface area contributed by atoms with Gasteiger partial charge in [0, 0.05) is 30.6 Å². The topological polar surface area (TPSA) is 59.2 Å². The molecule has 0 bridgehead atoms. The quantitative estimate of drug-likeness (QED) is 0.570. The highest BCUT2D eigenvalue weighted by Crippen LogP contribution is 2.35. The zero-order chi connectivity index (χ0) is 21.3. The van der Waals surface area contributed by atoms with Crippen molar-refractivity contribution in [3.05, 3.63) is 65.3 Å². The first-order valence-corrected chi connectivity index (χ1v) is 9.40. The molecular formula is C21H17F4N3O2. The number of rotatable bonds is 4. The van der Waals surface area contributed by atoms with Crippen LogP contribution in [-0.2, 0) is 23.8 Å². The van der Waals surface area contributed by atoms with Gasteiger partial charge in [-0.3, -0.25) is 4.79 Å². The second-order valence-electron chi connectivity index (χ2n) is 7.01. The first kappa shape index (κ1) is 20.1. The molecule has 3 aromatic rings. The molecule has 0 N–H and O–H groups in total. The monoisotopic (exact) mass is 419 g/mol. The molecule has 156 valence electrons. The number of hydrogen-bond acceptors (Lipinski definition) is 4. The Labute approximate surface area is 169 Å². The lowest BCUT2D eigenvalue weighted by Crippen LogP contribution is -2.35. The highest BCUT2D eigenvalue weighted by Gasteiger charge is 2.32. The summed E-state index contributed by atoms with van der Waals surface area (Å²) in [6.07, 6.45) is -3.06. The van der Waals surface area contributed by atoms with Crippen molar-refractivity contribution >= 4 is 11.6 Å². The Morgan fingerprint density at radius 3 is 2.63 bits per heavy atom. The molecule has 2 heterocycles. The Kier molecular flexibility index (Phi) is 5.27. The van der Waals surface area contributed by atoms with Crippen molar-refractivity contribution in [2.75, 3.05) is 11.4 Å². The Balaban J connectivity index is 1.44. The molecule has 9 heteroatoms. The number of fused-ring (bicyclic) bond motifs is 1. The first-order chi connectivity index (χ1) is 14.3. The van der Waals surface area contributed by atoms with Gasteiger partial charge in [0.2, 0.25) is 17.6 Å². The van der Waals surface area contributed by atoms with Gasteiger partial charge in [0.15, 0.2) is 0 Å². The molecule has 1 aromatic heterocycles. The average molecular weight is 419 g/mol. The van der Waals surface area contributed by atoms with E-state index in [2.05, 4.69) is 10.1 Å². The maximum Gasteiger partial charge on any atom is 0.416 e. The lowest BCUT2D eigenvalue weighted by Gasteiger charge is -2.30. The van der Waals surface area contributed by atoms with Gasteiger partial charge >= 0.3 is 6.18 Å². The van der Waals surface area contributed by atoms with Crippen molar-refractivity contribution in [2.45, 2.75) is 31.9 Å². The Morgan fingerprint density at radius 1 is 1.13 bits per heavy atom. The van der Waals surface area contributed by atoms with Crippen molar-refractivity contribution in [3.63, 3.8) is 0 Å². The maximum atomic E-state index is 13.0. The molecule has 1 aliphatic rings. The van der Waals surface area contributed by atoms with Crippen LogP contribution < -0.4 is 4.90 Å². The van der Waals surface area contributed by atoms with Gasteiger partial charge in [-0.1, -0.05) is 5.16 Å². The van der Waals surface area contributed by atoms with E-state index in [0.717, 1.165) is 12.1 Å². The number of alkyl halides is 3. The van der Waals surface area contributed by atoms with Gasteiger partial charge < -0.3 is 9.42 Å². The van der Waals surface area contributed by atoms with Gasteiger partial charge in [-0.25, -0.2) is 4.39 Å². The van der Waals surface area contributed by atoms with Crippen LogP contribution in [0.25, 0.3) is 11.4 Å². The minimum absolute atomic E-state index is 0.0749. The normalized spacial score (nSPS) is 13.9. The van der Waals surface area contributed by atoms with Crippen LogP contribution in [0.15, 0.2) is 47.0 Å². The van der Waals surface area contributed by atoms with Crippen LogP contribution in [0.5, 0.6) is 0 Å². The second-order valence-corrected chi connectivity index (χ2v) is 7.01. The number of amides is 1. The van der Waals surface area contributed by atoms with Crippen molar-refractivity contribution in [3.8, 4) is 11.4 Å². The Bertz CT molecular complexity index is 1060. The van der Waals surface area contributed by atoms with Gasteiger partial charge in [0.05, 0.1) is 5.56 Å². The van der Waals surface area contributed by atoms with Crippen LogP contribution >= 0.6 is 0 Å². The summed E-state index contributed by atoms with van der Waals surface area (Å²) >= 11 is 0.